The molecular formula is C12H18Cl2F3N3O2. The van der Waals surface area contributed by atoms with E-state index < -0.39 is 18.7 Å². The van der Waals surface area contributed by atoms with Gasteiger partial charge in [-0.15, -0.1) is 24.8 Å². The molecule has 1 rings (SSSR count). The zero-order chi connectivity index (χ0) is 15.2. The molecule has 3 N–H and O–H groups in total. The third-order valence-corrected chi connectivity index (χ3v) is 2.27. The number of carbonyl (C=O) groups is 1. The van der Waals surface area contributed by atoms with Crippen LogP contribution >= 0.6 is 24.8 Å². The minimum Gasteiger partial charge on any atom is -0.467 e. The van der Waals surface area contributed by atoms with Gasteiger partial charge in [-0.25, -0.2) is 4.98 Å². The molecule has 1 amide bonds. The van der Waals surface area contributed by atoms with Crippen LogP contribution in [0.2, 0.25) is 0 Å². The molecule has 0 bridgehead atoms. The monoisotopic (exact) mass is 363 g/mol. The lowest BCUT2D eigenvalue weighted by atomic mass is 10.2. The van der Waals surface area contributed by atoms with Gasteiger partial charge in [-0.05, 0) is 25.5 Å². The molecule has 0 aliphatic heterocycles. The molecule has 1 aromatic rings. The largest absolute Gasteiger partial charge is 0.467 e. The van der Waals surface area contributed by atoms with Crippen molar-refractivity contribution in [2.24, 2.45) is 5.73 Å². The van der Waals surface area contributed by atoms with Gasteiger partial charge in [0.25, 0.3) is 5.91 Å². The van der Waals surface area contributed by atoms with Gasteiger partial charge in [0.15, 0.2) is 6.61 Å². The van der Waals surface area contributed by atoms with Crippen molar-refractivity contribution in [3.8, 4) is 5.88 Å². The van der Waals surface area contributed by atoms with E-state index in [0.717, 1.165) is 0 Å². The van der Waals surface area contributed by atoms with Crippen molar-refractivity contribution >= 4 is 30.7 Å². The number of nitrogens with zero attached hydrogens (tertiary/aromatic N) is 1. The average Bonchev–Trinajstić information content (AvgIpc) is 2.35. The molecule has 1 heterocycles. The van der Waals surface area contributed by atoms with Gasteiger partial charge in [0.1, 0.15) is 5.56 Å². The second-order valence-electron chi connectivity index (χ2n) is 4.28. The molecular weight excluding hydrogens is 346 g/mol. The molecule has 128 valence electrons. The highest BCUT2D eigenvalue weighted by atomic mass is 35.5. The topological polar surface area (TPSA) is 77.2 Å². The molecule has 1 aromatic heterocycles. The van der Waals surface area contributed by atoms with E-state index in [-0.39, 0.29) is 42.3 Å². The Labute approximate surface area is 138 Å². The highest BCUT2D eigenvalue weighted by Gasteiger charge is 2.29. The van der Waals surface area contributed by atoms with Gasteiger partial charge in [-0.1, -0.05) is 0 Å². The first-order valence-electron chi connectivity index (χ1n) is 5.98. The summed E-state index contributed by atoms with van der Waals surface area (Å²) in [6.07, 6.45) is -2.67. The van der Waals surface area contributed by atoms with Crippen LogP contribution in [0.25, 0.3) is 0 Å². The summed E-state index contributed by atoms with van der Waals surface area (Å²) in [7, 11) is 0. The zero-order valence-corrected chi connectivity index (χ0v) is 13.4. The van der Waals surface area contributed by atoms with Crippen LogP contribution in [-0.4, -0.2) is 36.3 Å². The summed E-state index contributed by atoms with van der Waals surface area (Å²) < 4.78 is 40.8. The van der Waals surface area contributed by atoms with Crippen LogP contribution in [0, 0.1) is 0 Å². The Morgan fingerprint density at radius 1 is 1.45 bits per heavy atom. The highest BCUT2D eigenvalue weighted by Crippen LogP contribution is 2.19. The maximum atomic E-state index is 12.1. The van der Waals surface area contributed by atoms with Crippen LogP contribution in [0.15, 0.2) is 18.3 Å². The van der Waals surface area contributed by atoms with Crippen LogP contribution in [0.4, 0.5) is 13.2 Å². The molecule has 0 spiro atoms. The molecule has 10 heteroatoms. The average molecular weight is 364 g/mol. The van der Waals surface area contributed by atoms with E-state index in [4.69, 9.17) is 5.73 Å². The van der Waals surface area contributed by atoms with Crippen molar-refractivity contribution in [2.75, 3.05) is 13.2 Å². The lowest BCUT2D eigenvalue weighted by Gasteiger charge is -2.12. The number of halogens is 5. The normalized spacial score (nSPS) is 11.7. The second kappa shape index (κ2) is 10.5. The number of hydrogen-bond donors (Lipinski definition) is 2. The van der Waals surface area contributed by atoms with E-state index in [1.165, 1.54) is 18.3 Å². The summed E-state index contributed by atoms with van der Waals surface area (Å²) in [4.78, 5) is 15.5. The first-order valence-corrected chi connectivity index (χ1v) is 5.98. The smallest absolute Gasteiger partial charge is 0.422 e. The first-order chi connectivity index (χ1) is 9.29. The van der Waals surface area contributed by atoms with Gasteiger partial charge < -0.3 is 15.8 Å². The molecule has 5 nitrogen and oxygen atoms in total. The lowest BCUT2D eigenvalue weighted by Crippen LogP contribution is -2.29. The van der Waals surface area contributed by atoms with Crippen LogP contribution in [0.5, 0.6) is 5.88 Å². The quantitative estimate of drug-likeness (QED) is 0.812. The van der Waals surface area contributed by atoms with E-state index in [2.05, 4.69) is 15.0 Å². The fourth-order valence-electron chi connectivity index (χ4n) is 1.34. The SMILES string of the molecule is CC(N)CCNC(=O)c1cccnc1OCC(F)(F)F.Cl.Cl. The zero-order valence-electron chi connectivity index (χ0n) is 11.7. The number of carbonyl (C=O) groups excluding carboxylic acids is 1. The Bertz CT molecular complexity index is 459. The van der Waals surface area contributed by atoms with E-state index in [1.54, 1.807) is 6.92 Å². The minimum absolute atomic E-state index is 0. The Morgan fingerprint density at radius 2 is 2.09 bits per heavy atom. The summed E-state index contributed by atoms with van der Waals surface area (Å²) >= 11 is 0. The Hall–Kier alpha value is -1.25. The maximum absolute atomic E-state index is 12.1. The van der Waals surface area contributed by atoms with Crippen LogP contribution < -0.4 is 15.8 Å². The van der Waals surface area contributed by atoms with Gasteiger partial charge in [0, 0.05) is 18.8 Å². The number of ether oxygens (including phenoxy) is 1. The molecule has 0 saturated heterocycles. The van der Waals surface area contributed by atoms with Crippen molar-refractivity contribution in [1.29, 1.82) is 0 Å². The molecule has 0 aromatic carbocycles. The number of amides is 1. The molecule has 0 aliphatic carbocycles. The van der Waals surface area contributed by atoms with Gasteiger partial charge in [0.2, 0.25) is 5.88 Å². The number of alkyl halides is 3. The summed E-state index contributed by atoms with van der Waals surface area (Å²) in [5.41, 5.74) is 5.49. The van der Waals surface area contributed by atoms with Crippen molar-refractivity contribution < 1.29 is 22.7 Å². The summed E-state index contributed by atoms with van der Waals surface area (Å²) in [5, 5.41) is 2.55. The Morgan fingerprint density at radius 3 is 2.64 bits per heavy atom. The molecule has 0 saturated carbocycles. The number of aromatic nitrogens is 1. The molecule has 0 aliphatic rings. The van der Waals surface area contributed by atoms with E-state index >= 15 is 0 Å². The van der Waals surface area contributed by atoms with Gasteiger partial charge in [-0.3, -0.25) is 4.79 Å². The molecule has 0 radical (unpaired) electrons. The maximum Gasteiger partial charge on any atom is 0.422 e. The fraction of sp³-hybridized carbons (Fsp3) is 0.500. The number of pyridine rings is 1. The Kier molecular flexibility index (Phi) is 11.0. The van der Waals surface area contributed by atoms with Gasteiger partial charge in [-0.2, -0.15) is 13.2 Å². The standard InChI is InChI=1S/C12H16F3N3O2.2ClH/c1-8(16)4-6-17-10(19)9-3-2-5-18-11(9)20-7-12(13,14)15;;/h2-3,5,8H,4,6-7,16H2,1H3,(H,17,19);2*1H. The molecule has 1 atom stereocenters. The number of hydrogen-bond acceptors (Lipinski definition) is 4. The predicted octanol–water partition coefficient (Wildman–Crippen LogP) is 2.33. The summed E-state index contributed by atoms with van der Waals surface area (Å²) in [5.74, 6) is -0.890. The van der Waals surface area contributed by atoms with Gasteiger partial charge >= 0.3 is 6.18 Å². The molecule has 1 unspecified atom stereocenters. The van der Waals surface area contributed by atoms with E-state index in [1.807, 2.05) is 0 Å². The van der Waals surface area contributed by atoms with Crippen molar-refractivity contribution in [3.63, 3.8) is 0 Å². The fourth-order valence-corrected chi connectivity index (χ4v) is 1.34. The lowest BCUT2D eigenvalue weighted by molar-refractivity contribution is -0.154. The third kappa shape index (κ3) is 8.91. The predicted molar refractivity (Wildman–Crippen MR) is 80.9 cm³/mol. The van der Waals surface area contributed by atoms with E-state index in [0.29, 0.717) is 13.0 Å². The van der Waals surface area contributed by atoms with Crippen LogP contribution in [0.1, 0.15) is 23.7 Å². The summed E-state index contributed by atoms with van der Waals surface area (Å²) in [6, 6.07) is 2.71. The number of rotatable bonds is 6. The first kappa shape index (κ1) is 23.0. The number of nitrogens with one attached hydrogen (secondary N) is 1. The number of nitrogens with two attached hydrogens (primary N) is 1. The van der Waals surface area contributed by atoms with Crippen molar-refractivity contribution in [3.05, 3.63) is 23.9 Å². The highest BCUT2D eigenvalue weighted by molar-refractivity contribution is 5.96. The molecule has 22 heavy (non-hydrogen) atoms. The third-order valence-electron chi connectivity index (χ3n) is 2.27. The van der Waals surface area contributed by atoms with Crippen molar-refractivity contribution in [1.82, 2.24) is 10.3 Å². The van der Waals surface area contributed by atoms with E-state index in [9.17, 15) is 18.0 Å². The van der Waals surface area contributed by atoms with Crippen LogP contribution in [-0.2, 0) is 0 Å². The summed E-state index contributed by atoms with van der Waals surface area (Å²) in [6.45, 7) is 0.613. The Balaban J connectivity index is 0. The minimum atomic E-state index is -4.49. The van der Waals surface area contributed by atoms with Crippen molar-refractivity contribution in [2.45, 2.75) is 25.6 Å². The van der Waals surface area contributed by atoms with Gasteiger partial charge in [0.05, 0.1) is 0 Å². The second-order valence-corrected chi connectivity index (χ2v) is 4.28. The molecule has 0 fully saturated rings. The van der Waals surface area contributed by atoms with Crippen LogP contribution in [0.3, 0.4) is 0 Å².